The highest BCUT2D eigenvalue weighted by atomic mass is 32.2. The Kier molecular flexibility index (Phi) is 7.14. The molecule has 2 aliphatic heterocycles. The zero-order valence-electron chi connectivity index (χ0n) is 19.4. The molecule has 2 aromatic heterocycles. The molecule has 3 N–H and O–H groups in total. The molecule has 0 saturated carbocycles. The lowest BCUT2D eigenvalue weighted by atomic mass is 10.00. The van der Waals surface area contributed by atoms with Crippen LogP contribution in [0, 0.1) is 0 Å². The number of halogens is 1. The van der Waals surface area contributed by atoms with Crippen molar-refractivity contribution in [2.24, 2.45) is 0 Å². The minimum Gasteiger partial charge on any atom is -0.497 e. The highest BCUT2D eigenvalue weighted by molar-refractivity contribution is 8.00. The first-order valence-corrected chi connectivity index (χ1v) is 12.6. The lowest BCUT2D eigenvalue weighted by Gasteiger charge is -2.36. The smallest absolute Gasteiger partial charge is 0.235 e. The minimum atomic E-state index is -1.07. The molecule has 1 amide bonds. The number of rotatable bonds is 7. The molecule has 0 aliphatic carbocycles. The first-order chi connectivity index (χ1) is 17.0. The van der Waals surface area contributed by atoms with Gasteiger partial charge >= 0.3 is 0 Å². The van der Waals surface area contributed by atoms with E-state index in [2.05, 4.69) is 20.6 Å². The van der Waals surface area contributed by atoms with E-state index in [1.807, 2.05) is 35.2 Å². The zero-order chi connectivity index (χ0) is 24.4. The molecular formula is C25H28FN5O3S. The fourth-order valence-electron chi connectivity index (χ4n) is 4.61. The number of carbonyl (C=O) groups is 1. The third-order valence-electron chi connectivity index (χ3n) is 6.48. The van der Waals surface area contributed by atoms with Gasteiger partial charge in [0.05, 0.1) is 35.1 Å². The highest BCUT2D eigenvalue weighted by Crippen LogP contribution is 2.30. The average Bonchev–Trinajstić information content (AvgIpc) is 2.87. The van der Waals surface area contributed by atoms with E-state index >= 15 is 4.39 Å². The van der Waals surface area contributed by atoms with Gasteiger partial charge in [-0.15, -0.1) is 11.8 Å². The number of hydrogen-bond donors (Lipinski definition) is 3. The van der Waals surface area contributed by atoms with Crippen molar-refractivity contribution in [2.75, 3.05) is 37.8 Å². The fourth-order valence-corrected chi connectivity index (χ4v) is 5.37. The highest BCUT2D eigenvalue weighted by Gasteiger charge is 2.30. The van der Waals surface area contributed by atoms with E-state index in [-0.39, 0.29) is 18.5 Å². The molecule has 35 heavy (non-hydrogen) atoms. The maximum Gasteiger partial charge on any atom is 0.235 e. The van der Waals surface area contributed by atoms with Gasteiger partial charge in [0, 0.05) is 37.3 Å². The lowest BCUT2D eigenvalue weighted by Crippen LogP contribution is -2.51. The lowest BCUT2D eigenvalue weighted by molar-refractivity contribution is -0.113. The van der Waals surface area contributed by atoms with E-state index in [0.29, 0.717) is 43.4 Å². The summed E-state index contributed by atoms with van der Waals surface area (Å²) in [5.74, 6) is 1.61. The molecule has 0 spiro atoms. The predicted octanol–water partition coefficient (Wildman–Crippen LogP) is 2.92. The molecule has 0 unspecified atom stereocenters. The number of β-amino-alcohol motifs (C(OH)–C–C–N with tert-alkyl or cyclic N) is 1. The number of methoxy groups -OCH3 is 1. The van der Waals surface area contributed by atoms with Crippen LogP contribution in [0.25, 0.3) is 10.9 Å². The van der Waals surface area contributed by atoms with Crippen LogP contribution in [0.4, 0.5) is 10.2 Å². The van der Waals surface area contributed by atoms with Crippen molar-refractivity contribution in [2.45, 2.75) is 36.2 Å². The quantitative estimate of drug-likeness (QED) is 0.458. The molecule has 184 valence electrons. The van der Waals surface area contributed by atoms with E-state index in [1.165, 1.54) is 11.8 Å². The topological polar surface area (TPSA) is 99.6 Å². The van der Waals surface area contributed by atoms with Gasteiger partial charge in [-0.05, 0) is 54.9 Å². The Balaban J connectivity index is 1.17. The Morgan fingerprint density at radius 3 is 3.06 bits per heavy atom. The molecular weight excluding hydrogens is 469 g/mol. The van der Waals surface area contributed by atoms with Crippen molar-refractivity contribution in [3.8, 4) is 5.75 Å². The van der Waals surface area contributed by atoms with Gasteiger partial charge in [0.2, 0.25) is 5.91 Å². The summed E-state index contributed by atoms with van der Waals surface area (Å²) in [6.07, 6.45) is 0.464. The number of thioether (sulfide) groups is 1. The normalized spacial score (nSPS) is 21.4. The Labute approximate surface area is 207 Å². The van der Waals surface area contributed by atoms with Gasteiger partial charge in [0.1, 0.15) is 17.7 Å². The van der Waals surface area contributed by atoms with Crippen LogP contribution in [0.5, 0.6) is 5.75 Å². The number of fused-ring (bicyclic) bond motifs is 2. The molecule has 3 aromatic rings. The molecule has 1 aromatic carbocycles. The Morgan fingerprint density at radius 2 is 2.23 bits per heavy atom. The molecule has 0 bridgehead atoms. The second kappa shape index (κ2) is 10.4. The molecule has 0 radical (unpaired) electrons. The van der Waals surface area contributed by atoms with Gasteiger partial charge in [-0.3, -0.25) is 14.7 Å². The molecule has 4 heterocycles. The zero-order valence-corrected chi connectivity index (χ0v) is 20.2. The third kappa shape index (κ3) is 5.40. The Hall–Kier alpha value is -2.79. The maximum absolute atomic E-state index is 15.0. The van der Waals surface area contributed by atoms with Crippen molar-refractivity contribution in [3.63, 3.8) is 0 Å². The summed E-state index contributed by atoms with van der Waals surface area (Å²) >= 11 is 1.47. The van der Waals surface area contributed by atoms with Gasteiger partial charge in [0.25, 0.3) is 0 Å². The molecule has 1 saturated heterocycles. The van der Waals surface area contributed by atoms with Crippen molar-refractivity contribution < 1.29 is 19.0 Å². The van der Waals surface area contributed by atoms with Crippen LogP contribution in [-0.2, 0) is 11.3 Å². The second-order valence-corrected chi connectivity index (χ2v) is 9.85. The van der Waals surface area contributed by atoms with Crippen molar-refractivity contribution in [1.82, 2.24) is 20.2 Å². The minimum absolute atomic E-state index is 0.0580. The number of nitrogens with zero attached hydrogens (tertiary/aromatic N) is 3. The molecule has 10 heteroatoms. The number of aromatic nitrogens is 2. The summed E-state index contributed by atoms with van der Waals surface area (Å²) in [6, 6.07) is 10.9. The van der Waals surface area contributed by atoms with Crippen LogP contribution in [0.2, 0.25) is 0 Å². The summed E-state index contributed by atoms with van der Waals surface area (Å²) in [5.41, 5.74) is 2.30. The molecule has 5 rings (SSSR count). The maximum atomic E-state index is 15.0. The molecule has 3 atom stereocenters. The molecule has 1 fully saturated rings. The van der Waals surface area contributed by atoms with Crippen LogP contribution < -0.4 is 15.4 Å². The standard InChI is InChI=1S/C25H28FN5O3S/c1-34-16-3-4-20-18(10-16)17(6-8-27-20)22(32)13-31-9-7-21(19(26)12-31)28-11-15-2-5-23-25(29-15)30-24(33)14-35-23/h2-6,8,10,19,21-22,28,32H,7,9,11-14H2,1H3,(H,29,30,33)/t19-,21+,22+/m0/s1. The number of amides is 1. The third-order valence-corrected chi connectivity index (χ3v) is 7.52. The fraction of sp³-hybridized carbons (Fsp3) is 0.400. The Bertz CT molecular complexity index is 1230. The number of aliphatic hydroxyl groups excluding tert-OH is 1. The number of benzene rings is 1. The van der Waals surface area contributed by atoms with E-state index in [1.54, 1.807) is 19.4 Å². The number of aliphatic hydroxyl groups is 1. The Morgan fingerprint density at radius 1 is 1.34 bits per heavy atom. The van der Waals surface area contributed by atoms with Crippen LogP contribution in [0.3, 0.4) is 0 Å². The summed E-state index contributed by atoms with van der Waals surface area (Å²) < 4.78 is 20.4. The number of alkyl halides is 1. The number of likely N-dealkylation sites (tertiary alicyclic amines) is 1. The number of piperidine rings is 1. The van der Waals surface area contributed by atoms with Crippen LogP contribution in [0.1, 0.15) is 23.8 Å². The number of ether oxygens (including phenoxy) is 1. The van der Waals surface area contributed by atoms with Crippen molar-refractivity contribution in [1.29, 1.82) is 0 Å². The van der Waals surface area contributed by atoms with Gasteiger partial charge in [-0.2, -0.15) is 0 Å². The molecule has 8 nitrogen and oxygen atoms in total. The first kappa shape index (κ1) is 23.9. The van der Waals surface area contributed by atoms with Gasteiger partial charge in [0.15, 0.2) is 0 Å². The van der Waals surface area contributed by atoms with Crippen LogP contribution in [0.15, 0.2) is 47.5 Å². The van der Waals surface area contributed by atoms with E-state index < -0.39 is 12.3 Å². The van der Waals surface area contributed by atoms with Gasteiger partial charge < -0.3 is 20.5 Å². The predicted molar refractivity (Wildman–Crippen MR) is 133 cm³/mol. The molecule has 2 aliphatic rings. The average molecular weight is 498 g/mol. The summed E-state index contributed by atoms with van der Waals surface area (Å²) in [7, 11) is 1.60. The van der Waals surface area contributed by atoms with Crippen LogP contribution >= 0.6 is 11.8 Å². The first-order valence-electron chi connectivity index (χ1n) is 11.6. The number of carbonyl (C=O) groups excluding carboxylic acids is 1. The summed E-state index contributed by atoms with van der Waals surface area (Å²) in [4.78, 5) is 23.4. The summed E-state index contributed by atoms with van der Waals surface area (Å²) in [5, 5.41) is 17.9. The van der Waals surface area contributed by atoms with Gasteiger partial charge in [-0.1, -0.05) is 0 Å². The second-order valence-electron chi connectivity index (χ2n) is 8.84. The van der Waals surface area contributed by atoms with Crippen molar-refractivity contribution in [3.05, 3.63) is 53.9 Å². The van der Waals surface area contributed by atoms with Gasteiger partial charge in [-0.25, -0.2) is 9.37 Å². The SMILES string of the molecule is COc1ccc2nccc([C@H](O)CN3CC[C@@H](NCc4ccc5c(n4)NC(=O)CS5)[C@@H](F)C3)c2c1. The number of anilines is 1. The largest absolute Gasteiger partial charge is 0.497 e. The van der Waals surface area contributed by atoms with E-state index in [0.717, 1.165) is 27.1 Å². The monoisotopic (exact) mass is 497 g/mol. The van der Waals surface area contributed by atoms with Crippen molar-refractivity contribution >= 4 is 34.4 Å². The van der Waals surface area contributed by atoms with Crippen LogP contribution in [-0.4, -0.2) is 70.6 Å². The number of pyridine rings is 2. The van der Waals surface area contributed by atoms with E-state index in [9.17, 15) is 9.90 Å². The summed E-state index contributed by atoms with van der Waals surface area (Å²) in [6.45, 7) is 1.68. The number of hydrogen-bond acceptors (Lipinski definition) is 8. The number of nitrogens with one attached hydrogen (secondary N) is 2. The van der Waals surface area contributed by atoms with E-state index in [4.69, 9.17) is 4.74 Å².